The van der Waals surface area contributed by atoms with E-state index in [1.807, 2.05) is 30.3 Å². The molecule has 1 aliphatic rings. The summed E-state index contributed by atoms with van der Waals surface area (Å²) in [6.07, 6.45) is 6.68. The number of benzene rings is 1. The normalized spacial score (nSPS) is 16.4. The fraction of sp³-hybridized carbons (Fsp3) is 0.600. The molecule has 0 spiro atoms. The molecule has 5 nitrogen and oxygen atoms in total. The van der Waals surface area contributed by atoms with Gasteiger partial charge < -0.3 is 15.5 Å². The summed E-state index contributed by atoms with van der Waals surface area (Å²) in [5.74, 6) is -0.0390. The lowest BCUT2D eigenvalue weighted by molar-refractivity contribution is -0.122. The maximum Gasteiger partial charge on any atom is 0.224 e. The van der Waals surface area contributed by atoms with Crippen molar-refractivity contribution in [3.63, 3.8) is 0 Å². The van der Waals surface area contributed by atoms with Gasteiger partial charge in [-0.15, -0.1) is 0 Å². The van der Waals surface area contributed by atoms with Crippen LogP contribution >= 0.6 is 0 Å². The lowest BCUT2D eigenvalue weighted by Crippen LogP contribution is -2.54. The van der Waals surface area contributed by atoms with Gasteiger partial charge in [0.05, 0.1) is 6.42 Å². The van der Waals surface area contributed by atoms with Crippen LogP contribution in [0.1, 0.15) is 44.1 Å². The van der Waals surface area contributed by atoms with Gasteiger partial charge in [0.15, 0.2) is 0 Å². The van der Waals surface area contributed by atoms with Crippen LogP contribution in [-0.2, 0) is 16.0 Å². The Morgan fingerprint density at radius 3 is 2.32 bits per heavy atom. The summed E-state index contributed by atoms with van der Waals surface area (Å²) in [5.41, 5.74) is 1.07. The maximum absolute atomic E-state index is 12.1. The molecule has 138 valence electrons. The van der Waals surface area contributed by atoms with Gasteiger partial charge in [0, 0.05) is 25.0 Å². The van der Waals surface area contributed by atoms with Crippen LogP contribution in [0.3, 0.4) is 0 Å². The molecule has 2 amide bonds. The van der Waals surface area contributed by atoms with Gasteiger partial charge >= 0.3 is 0 Å². The molecule has 1 aliphatic carbocycles. The van der Waals surface area contributed by atoms with Crippen molar-refractivity contribution in [3.8, 4) is 0 Å². The fourth-order valence-corrected chi connectivity index (χ4v) is 3.50. The molecule has 0 bridgehead atoms. The first kappa shape index (κ1) is 19.4. The van der Waals surface area contributed by atoms with Gasteiger partial charge in [0.2, 0.25) is 11.8 Å². The van der Waals surface area contributed by atoms with Gasteiger partial charge in [-0.25, -0.2) is 0 Å². The third kappa shape index (κ3) is 6.16. The Morgan fingerprint density at radius 2 is 1.68 bits per heavy atom. The minimum absolute atomic E-state index is 0.00631. The highest BCUT2D eigenvalue weighted by atomic mass is 16.2. The Bertz CT molecular complexity index is 551. The van der Waals surface area contributed by atoms with E-state index in [-0.39, 0.29) is 17.4 Å². The van der Waals surface area contributed by atoms with Gasteiger partial charge in [-0.1, -0.05) is 49.6 Å². The van der Waals surface area contributed by atoms with Gasteiger partial charge in [0.25, 0.3) is 0 Å². The zero-order valence-electron chi connectivity index (χ0n) is 15.5. The molecule has 0 radical (unpaired) electrons. The van der Waals surface area contributed by atoms with Crippen LogP contribution in [-0.4, -0.2) is 49.4 Å². The highest BCUT2D eigenvalue weighted by molar-refractivity contribution is 5.80. The van der Waals surface area contributed by atoms with Crippen molar-refractivity contribution in [2.24, 2.45) is 0 Å². The van der Waals surface area contributed by atoms with Crippen LogP contribution in [0.4, 0.5) is 0 Å². The van der Waals surface area contributed by atoms with Crippen molar-refractivity contribution >= 4 is 11.8 Å². The molecule has 1 fully saturated rings. The molecule has 0 atom stereocenters. The Morgan fingerprint density at radius 1 is 1.00 bits per heavy atom. The largest absolute Gasteiger partial charge is 0.355 e. The van der Waals surface area contributed by atoms with E-state index in [9.17, 15) is 9.59 Å². The summed E-state index contributed by atoms with van der Waals surface area (Å²) in [7, 11) is 4.20. The SMILES string of the molecule is CN(C)C1(CNC(=O)CCNC(=O)Cc2ccccc2)CCCCC1. The van der Waals surface area contributed by atoms with Crippen molar-refractivity contribution < 1.29 is 9.59 Å². The van der Waals surface area contributed by atoms with Crippen molar-refractivity contribution in [3.05, 3.63) is 35.9 Å². The molecule has 0 aromatic heterocycles. The lowest BCUT2D eigenvalue weighted by atomic mass is 9.80. The van der Waals surface area contributed by atoms with E-state index in [0.29, 0.717) is 25.9 Å². The second-order valence-electron chi connectivity index (χ2n) is 7.22. The first-order chi connectivity index (χ1) is 12.0. The van der Waals surface area contributed by atoms with E-state index >= 15 is 0 Å². The number of nitrogens with zero attached hydrogens (tertiary/aromatic N) is 1. The number of amides is 2. The zero-order valence-corrected chi connectivity index (χ0v) is 15.5. The number of carbonyl (C=O) groups is 2. The molecular formula is C20H31N3O2. The molecule has 1 aromatic carbocycles. The van der Waals surface area contributed by atoms with Crippen LogP contribution < -0.4 is 10.6 Å². The summed E-state index contributed by atoms with van der Waals surface area (Å²) in [6.45, 7) is 1.07. The number of hydrogen-bond acceptors (Lipinski definition) is 3. The van der Waals surface area contributed by atoms with Crippen LogP contribution in [0.25, 0.3) is 0 Å². The maximum atomic E-state index is 12.1. The van der Waals surface area contributed by atoms with Crippen LogP contribution in [0.5, 0.6) is 0 Å². The molecule has 25 heavy (non-hydrogen) atoms. The molecule has 0 aliphatic heterocycles. The second kappa shape index (κ2) is 9.56. The summed E-state index contributed by atoms with van der Waals surface area (Å²) in [4.78, 5) is 26.3. The summed E-state index contributed by atoms with van der Waals surface area (Å²) in [5, 5.41) is 5.89. The molecule has 2 N–H and O–H groups in total. The number of hydrogen-bond donors (Lipinski definition) is 2. The first-order valence-electron chi connectivity index (χ1n) is 9.27. The topological polar surface area (TPSA) is 61.4 Å². The van der Waals surface area contributed by atoms with Gasteiger partial charge in [0.1, 0.15) is 0 Å². The van der Waals surface area contributed by atoms with E-state index in [2.05, 4.69) is 29.6 Å². The third-order valence-corrected chi connectivity index (χ3v) is 5.23. The lowest BCUT2D eigenvalue weighted by Gasteiger charge is -2.43. The minimum Gasteiger partial charge on any atom is -0.355 e. The zero-order chi connectivity index (χ0) is 18.1. The highest BCUT2D eigenvalue weighted by Crippen LogP contribution is 2.31. The summed E-state index contributed by atoms with van der Waals surface area (Å²) < 4.78 is 0. The van der Waals surface area contributed by atoms with Gasteiger partial charge in [-0.3, -0.25) is 9.59 Å². The Labute approximate surface area is 151 Å². The van der Waals surface area contributed by atoms with Crippen LogP contribution in [0.2, 0.25) is 0 Å². The highest BCUT2D eigenvalue weighted by Gasteiger charge is 2.34. The predicted octanol–water partition coefficient (Wildman–Crippen LogP) is 2.12. The van der Waals surface area contributed by atoms with Gasteiger partial charge in [-0.05, 0) is 32.5 Å². The molecule has 0 heterocycles. The van der Waals surface area contributed by atoms with Crippen molar-refractivity contribution in [1.82, 2.24) is 15.5 Å². The molecule has 0 saturated heterocycles. The Kier molecular flexibility index (Phi) is 7.44. The fourth-order valence-electron chi connectivity index (χ4n) is 3.50. The first-order valence-corrected chi connectivity index (χ1v) is 9.27. The van der Waals surface area contributed by atoms with Crippen molar-refractivity contribution in [2.45, 2.75) is 50.5 Å². The molecule has 5 heteroatoms. The van der Waals surface area contributed by atoms with Crippen LogP contribution in [0.15, 0.2) is 30.3 Å². The Hall–Kier alpha value is -1.88. The van der Waals surface area contributed by atoms with Crippen molar-refractivity contribution in [1.29, 1.82) is 0 Å². The smallest absolute Gasteiger partial charge is 0.224 e. The quantitative estimate of drug-likeness (QED) is 0.759. The van der Waals surface area contributed by atoms with E-state index in [1.54, 1.807) is 0 Å². The molecule has 1 saturated carbocycles. The number of nitrogens with one attached hydrogen (secondary N) is 2. The third-order valence-electron chi connectivity index (χ3n) is 5.23. The predicted molar refractivity (Wildman–Crippen MR) is 100 cm³/mol. The number of likely N-dealkylation sites (N-methyl/N-ethyl adjacent to an activating group) is 1. The molecule has 1 aromatic rings. The van der Waals surface area contributed by atoms with E-state index < -0.39 is 0 Å². The summed E-state index contributed by atoms with van der Waals surface area (Å²) in [6, 6.07) is 9.62. The molecule has 2 rings (SSSR count). The Balaban J connectivity index is 1.67. The number of rotatable bonds is 8. The second-order valence-corrected chi connectivity index (χ2v) is 7.22. The van der Waals surface area contributed by atoms with Crippen LogP contribution in [0, 0.1) is 0 Å². The number of carbonyl (C=O) groups excluding carboxylic acids is 2. The monoisotopic (exact) mass is 345 g/mol. The average molecular weight is 345 g/mol. The van der Waals surface area contributed by atoms with E-state index in [4.69, 9.17) is 0 Å². The van der Waals surface area contributed by atoms with Gasteiger partial charge in [-0.2, -0.15) is 0 Å². The minimum atomic E-state index is -0.0453. The molecular weight excluding hydrogens is 314 g/mol. The average Bonchev–Trinajstić information content (AvgIpc) is 2.61. The summed E-state index contributed by atoms with van der Waals surface area (Å²) >= 11 is 0. The van der Waals surface area contributed by atoms with E-state index in [1.165, 1.54) is 19.3 Å². The molecule has 0 unspecified atom stereocenters. The standard InChI is InChI=1S/C20H31N3O2/c1-23(2)20(12-7-4-8-13-20)16-22-18(24)11-14-21-19(25)15-17-9-5-3-6-10-17/h3,5-6,9-10H,4,7-8,11-16H2,1-2H3,(H,21,25)(H,22,24). The van der Waals surface area contributed by atoms with E-state index in [0.717, 1.165) is 18.4 Å². The van der Waals surface area contributed by atoms with Crippen molar-refractivity contribution in [2.75, 3.05) is 27.2 Å².